The fourth-order valence-corrected chi connectivity index (χ4v) is 3.86. The molecule has 0 bridgehead atoms. The van der Waals surface area contributed by atoms with Gasteiger partial charge in [-0.05, 0) is 32.0 Å². The number of benzene rings is 1. The third-order valence-electron chi connectivity index (χ3n) is 4.42. The number of carbonyl (C=O) groups excluding carboxylic acids is 1. The first-order valence-electron chi connectivity index (χ1n) is 8.55. The van der Waals surface area contributed by atoms with Crippen molar-refractivity contribution in [1.82, 2.24) is 14.4 Å². The van der Waals surface area contributed by atoms with Crippen molar-refractivity contribution in [1.29, 1.82) is 0 Å². The van der Waals surface area contributed by atoms with E-state index in [2.05, 4.69) is 9.97 Å². The van der Waals surface area contributed by atoms with Crippen LogP contribution in [0.3, 0.4) is 0 Å². The molecule has 142 valence electrons. The molecule has 0 aliphatic heterocycles. The molecule has 4 rings (SSSR count). The molecule has 0 saturated carbocycles. The zero-order valence-corrected chi connectivity index (χ0v) is 16.4. The van der Waals surface area contributed by atoms with E-state index in [9.17, 15) is 9.59 Å². The SMILES string of the molecule is COc1ccc2cc(C(=O)OCc3cc(=O)n4c(C)csc4n3)c(C)nc2c1. The first-order chi connectivity index (χ1) is 13.5. The highest BCUT2D eigenvalue weighted by Gasteiger charge is 2.15. The van der Waals surface area contributed by atoms with Crippen molar-refractivity contribution < 1.29 is 14.3 Å². The van der Waals surface area contributed by atoms with Gasteiger partial charge in [-0.25, -0.2) is 9.78 Å². The lowest BCUT2D eigenvalue weighted by Gasteiger charge is -2.09. The molecular formula is C20H17N3O4S. The van der Waals surface area contributed by atoms with E-state index in [0.717, 1.165) is 16.6 Å². The minimum absolute atomic E-state index is 0.0817. The van der Waals surface area contributed by atoms with Crippen LogP contribution < -0.4 is 10.3 Å². The minimum atomic E-state index is -0.507. The van der Waals surface area contributed by atoms with Gasteiger partial charge in [0.2, 0.25) is 0 Å². The third-order valence-corrected chi connectivity index (χ3v) is 5.36. The van der Waals surface area contributed by atoms with Crippen molar-refractivity contribution >= 4 is 33.2 Å². The number of aryl methyl sites for hydroxylation is 2. The maximum Gasteiger partial charge on any atom is 0.340 e. The van der Waals surface area contributed by atoms with Gasteiger partial charge in [-0.1, -0.05) is 0 Å². The molecule has 0 spiro atoms. The van der Waals surface area contributed by atoms with Gasteiger partial charge in [0, 0.05) is 28.6 Å². The van der Waals surface area contributed by atoms with E-state index in [1.165, 1.54) is 21.8 Å². The molecule has 8 heteroatoms. The third kappa shape index (κ3) is 3.22. The molecule has 0 saturated heterocycles. The Morgan fingerprint density at radius 1 is 1.18 bits per heavy atom. The number of rotatable bonds is 4. The van der Waals surface area contributed by atoms with Crippen LogP contribution in [0.1, 0.15) is 27.4 Å². The first kappa shape index (κ1) is 18.1. The normalized spacial score (nSPS) is 11.1. The van der Waals surface area contributed by atoms with E-state index in [1.807, 2.05) is 30.5 Å². The van der Waals surface area contributed by atoms with Crippen molar-refractivity contribution in [2.45, 2.75) is 20.5 Å². The van der Waals surface area contributed by atoms with Gasteiger partial charge in [-0.15, -0.1) is 11.3 Å². The Bertz CT molecular complexity index is 1280. The molecule has 0 amide bonds. The van der Waals surface area contributed by atoms with Crippen LogP contribution in [0, 0.1) is 13.8 Å². The molecule has 3 heterocycles. The number of nitrogens with zero attached hydrogens (tertiary/aromatic N) is 3. The van der Waals surface area contributed by atoms with Gasteiger partial charge in [0.05, 0.1) is 29.6 Å². The Morgan fingerprint density at radius 3 is 2.79 bits per heavy atom. The van der Waals surface area contributed by atoms with Gasteiger partial charge in [0.15, 0.2) is 4.96 Å². The predicted octanol–water partition coefficient (Wildman–Crippen LogP) is 3.29. The van der Waals surface area contributed by atoms with E-state index in [-0.39, 0.29) is 12.2 Å². The highest BCUT2D eigenvalue weighted by molar-refractivity contribution is 7.15. The van der Waals surface area contributed by atoms with E-state index >= 15 is 0 Å². The Hall–Kier alpha value is -3.26. The lowest BCUT2D eigenvalue weighted by atomic mass is 10.1. The van der Waals surface area contributed by atoms with E-state index in [0.29, 0.717) is 27.7 Å². The molecule has 0 aliphatic rings. The molecule has 0 radical (unpaired) electrons. The number of methoxy groups -OCH3 is 1. The van der Waals surface area contributed by atoms with Crippen LogP contribution >= 0.6 is 11.3 Å². The second-order valence-electron chi connectivity index (χ2n) is 6.34. The van der Waals surface area contributed by atoms with E-state index in [1.54, 1.807) is 20.1 Å². The molecule has 4 aromatic rings. The van der Waals surface area contributed by atoms with Gasteiger partial charge in [0.25, 0.3) is 5.56 Å². The predicted molar refractivity (Wildman–Crippen MR) is 106 cm³/mol. The summed E-state index contributed by atoms with van der Waals surface area (Å²) in [7, 11) is 1.59. The number of carbonyl (C=O) groups is 1. The quantitative estimate of drug-likeness (QED) is 0.493. The Labute approximate surface area is 164 Å². The van der Waals surface area contributed by atoms with Gasteiger partial charge in [-0.3, -0.25) is 14.2 Å². The molecule has 0 atom stereocenters. The molecule has 7 nitrogen and oxygen atoms in total. The molecule has 28 heavy (non-hydrogen) atoms. The molecule has 0 aliphatic carbocycles. The fraction of sp³-hybridized carbons (Fsp3) is 0.200. The smallest absolute Gasteiger partial charge is 0.340 e. The summed E-state index contributed by atoms with van der Waals surface area (Å²) in [6.07, 6.45) is 0. The van der Waals surface area contributed by atoms with Crippen LogP contribution in [0.15, 0.2) is 40.5 Å². The average Bonchev–Trinajstić information content (AvgIpc) is 3.06. The number of esters is 1. The van der Waals surface area contributed by atoms with Crippen molar-refractivity contribution in [3.05, 3.63) is 68.7 Å². The number of ether oxygens (including phenoxy) is 2. The van der Waals surface area contributed by atoms with Crippen LogP contribution in [0.5, 0.6) is 5.75 Å². The molecule has 0 unspecified atom stereocenters. The average molecular weight is 395 g/mol. The number of aromatic nitrogens is 3. The van der Waals surface area contributed by atoms with Crippen LogP contribution in [0.25, 0.3) is 15.9 Å². The first-order valence-corrected chi connectivity index (χ1v) is 9.43. The van der Waals surface area contributed by atoms with E-state index in [4.69, 9.17) is 9.47 Å². The van der Waals surface area contributed by atoms with Crippen LogP contribution in [0.4, 0.5) is 0 Å². The van der Waals surface area contributed by atoms with Crippen molar-refractivity contribution in [2.24, 2.45) is 0 Å². The van der Waals surface area contributed by atoms with Gasteiger partial charge in [-0.2, -0.15) is 0 Å². The lowest BCUT2D eigenvalue weighted by Crippen LogP contribution is -2.16. The van der Waals surface area contributed by atoms with Crippen LogP contribution in [-0.4, -0.2) is 27.4 Å². The highest BCUT2D eigenvalue weighted by atomic mass is 32.1. The number of thiazole rings is 1. The summed E-state index contributed by atoms with van der Waals surface area (Å²) in [4.78, 5) is 34.2. The van der Waals surface area contributed by atoms with Crippen LogP contribution in [0.2, 0.25) is 0 Å². The van der Waals surface area contributed by atoms with Gasteiger partial charge in [0.1, 0.15) is 12.4 Å². The Balaban J connectivity index is 1.58. The number of hydrogen-bond donors (Lipinski definition) is 0. The molecule has 0 fully saturated rings. The summed E-state index contributed by atoms with van der Waals surface area (Å²) in [6, 6.07) is 8.59. The lowest BCUT2D eigenvalue weighted by molar-refractivity contribution is 0.0466. The maximum absolute atomic E-state index is 12.6. The zero-order valence-electron chi connectivity index (χ0n) is 15.6. The summed E-state index contributed by atoms with van der Waals surface area (Å²) in [5.41, 5.74) is 2.73. The van der Waals surface area contributed by atoms with Crippen molar-refractivity contribution in [3.63, 3.8) is 0 Å². The number of pyridine rings is 1. The molecule has 0 N–H and O–H groups in total. The Morgan fingerprint density at radius 2 is 2.00 bits per heavy atom. The number of fused-ring (bicyclic) bond motifs is 2. The van der Waals surface area contributed by atoms with Gasteiger partial charge >= 0.3 is 5.97 Å². The monoisotopic (exact) mass is 395 g/mol. The van der Waals surface area contributed by atoms with E-state index < -0.39 is 5.97 Å². The van der Waals surface area contributed by atoms with Crippen molar-refractivity contribution in [3.8, 4) is 5.75 Å². The largest absolute Gasteiger partial charge is 0.497 e. The number of hydrogen-bond acceptors (Lipinski definition) is 7. The summed E-state index contributed by atoms with van der Waals surface area (Å²) < 4.78 is 12.1. The second-order valence-corrected chi connectivity index (χ2v) is 7.17. The fourth-order valence-electron chi connectivity index (χ4n) is 2.97. The highest BCUT2D eigenvalue weighted by Crippen LogP contribution is 2.22. The summed E-state index contributed by atoms with van der Waals surface area (Å²) in [6.45, 7) is 3.51. The minimum Gasteiger partial charge on any atom is -0.497 e. The molecule has 3 aromatic heterocycles. The Kier molecular flexibility index (Phi) is 4.56. The summed E-state index contributed by atoms with van der Waals surface area (Å²) in [5.74, 6) is 0.193. The summed E-state index contributed by atoms with van der Waals surface area (Å²) >= 11 is 1.37. The van der Waals surface area contributed by atoms with Crippen molar-refractivity contribution in [2.75, 3.05) is 7.11 Å². The second kappa shape index (κ2) is 7.05. The zero-order chi connectivity index (χ0) is 19.8. The van der Waals surface area contributed by atoms with Crippen LogP contribution in [-0.2, 0) is 11.3 Å². The topological polar surface area (TPSA) is 82.8 Å². The van der Waals surface area contributed by atoms with Gasteiger partial charge < -0.3 is 9.47 Å². The standard InChI is InChI=1S/C20H17N3O4S/c1-11-10-28-20-22-14(7-18(24)23(11)20)9-27-19(25)16-6-13-4-5-15(26-3)8-17(13)21-12(16)2/h4-8,10H,9H2,1-3H3. The molecular weight excluding hydrogens is 378 g/mol. The summed E-state index contributed by atoms with van der Waals surface area (Å²) in [5, 5.41) is 2.67. The molecule has 1 aromatic carbocycles. The maximum atomic E-state index is 12.6.